The minimum Gasteiger partial charge on any atom is -0.337 e. The van der Waals surface area contributed by atoms with Crippen LogP contribution in [-0.4, -0.2) is 58.1 Å². The summed E-state index contributed by atoms with van der Waals surface area (Å²) >= 11 is 0. The predicted octanol–water partition coefficient (Wildman–Crippen LogP) is 3.21. The van der Waals surface area contributed by atoms with Crippen molar-refractivity contribution >= 4 is 16.7 Å². The van der Waals surface area contributed by atoms with Gasteiger partial charge in [0, 0.05) is 30.9 Å². The van der Waals surface area contributed by atoms with Gasteiger partial charge >= 0.3 is 0 Å². The molecule has 0 bridgehead atoms. The summed E-state index contributed by atoms with van der Waals surface area (Å²) in [6.45, 7) is 5.56. The summed E-state index contributed by atoms with van der Waals surface area (Å²) in [5, 5.41) is 8.07. The number of rotatable bonds is 4. The first-order chi connectivity index (χ1) is 15.5. The number of piperidine rings is 1. The molecule has 3 aromatic rings. The van der Waals surface area contributed by atoms with Crippen LogP contribution in [-0.2, 0) is 6.42 Å². The molecule has 0 aliphatic carbocycles. The van der Waals surface area contributed by atoms with Crippen molar-refractivity contribution in [2.45, 2.75) is 32.2 Å². The van der Waals surface area contributed by atoms with E-state index in [0.717, 1.165) is 36.9 Å². The number of hydrogen-bond donors (Lipinski definition) is 1. The normalized spacial score (nSPS) is 21.1. The molecule has 5 rings (SSSR count). The van der Waals surface area contributed by atoms with Gasteiger partial charge in [-0.2, -0.15) is 5.10 Å². The standard InChI is InChI=1S/C25H27FN4O2/c1-2-29-11-5-6-17-14-30(15-23(17)29)25(32)20-12-16(9-10-21(20)26)13-22-18-7-3-4-8-19(18)24(31)28-27-22/h3-4,7-10,12,17,23H,2,5-6,11,13-15H2,1H3,(H,28,31). The predicted molar refractivity (Wildman–Crippen MR) is 121 cm³/mol. The Hall–Kier alpha value is -3.06. The second-order valence-corrected chi connectivity index (χ2v) is 8.84. The molecule has 1 N–H and O–H groups in total. The molecular formula is C25H27FN4O2. The fourth-order valence-electron chi connectivity index (χ4n) is 5.35. The van der Waals surface area contributed by atoms with Gasteiger partial charge in [-0.3, -0.25) is 14.5 Å². The summed E-state index contributed by atoms with van der Waals surface area (Å²) in [7, 11) is 0. The Morgan fingerprint density at radius 3 is 2.81 bits per heavy atom. The van der Waals surface area contributed by atoms with E-state index in [1.807, 2.05) is 23.1 Å². The highest BCUT2D eigenvalue weighted by Gasteiger charge is 2.40. The maximum atomic E-state index is 14.7. The fourth-order valence-corrected chi connectivity index (χ4v) is 5.35. The molecule has 2 atom stereocenters. The van der Waals surface area contributed by atoms with Crippen LogP contribution in [0.4, 0.5) is 4.39 Å². The number of amides is 1. The number of nitrogens with one attached hydrogen (secondary N) is 1. The van der Waals surface area contributed by atoms with Crippen LogP contribution in [0.15, 0.2) is 47.3 Å². The van der Waals surface area contributed by atoms with E-state index in [-0.39, 0.29) is 17.0 Å². The third-order valence-electron chi connectivity index (χ3n) is 7.00. The van der Waals surface area contributed by atoms with Crippen LogP contribution in [0.2, 0.25) is 0 Å². The number of halogens is 1. The molecular weight excluding hydrogens is 407 g/mol. The van der Waals surface area contributed by atoms with Crippen molar-refractivity contribution in [2.75, 3.05) is 26.2 Å². The van der Waals surface area contributed by atoms with Gasteiger partial charge in [-0.05, 0) is 55.6 Å². The average Bonchev–Trinajstić information content (AvgIpc) is 3.26. The lowest BCUT2D eigenvalue weighted by atomic mass is 9.92. The average molecular weight is 435 g/mol. The minimum absolute atomic E-state index is 0.109. The summed E-state index contributed by atoms with van der Waals surface area (Å²) in [5.74, 6) is -0.273. The molecule has 2 unspecified atom stereocenters. The number of likely N-dealkylation sites (N-methyl/N-ethyl adjacent to an activating group) is 1. The van der Waals surface area contributed by atoms with Crippen molar-refractivity contribution in [3.05, 3.63) is 75.5 Å². The van der Waals surface area contributed by atoms with Crippen molar-refractivity contribution in [1.82, 2.24) is 20.0 Å². The van der Waals surface area contributed by atoms with Crippen LogP contribution < -0.4 is 5.56 Å². The lowest BCUT2D eigenvalue weighted by Crippen LogP contribution is -2.45. The summed E-state index contributed by atoms with van der Waals surface area (Å²) in [4.78, 5) is 29.6. The van der Waals surface area contributed by atoms with Gasteiger partial charge in [0.15, 0.2) is 0 Å². The van der Waals surface area contributed by atoms with Gasteiger partial charge in [0.2, 0.25) is 0 Å². The van der Waals surface area contributed by atoms with Crippen LogP contribution in [0.3, 0.4) is 0 Å². The molecule has 7 heteroatoms. The van der Waals surface area contributed by atoms with E-state index in [4.69, 9.17) is 0 Å². The van der Waals surface area contributed by atoms with Crippen LogP contribution in [0.5, 0.6) is 0 Å². The molecule has 1 aromatic heterocycles. The first kappa shape index (κ1) is 20.8. The third kappa shape index (κ3) is 3.71. The Kier molecular flexibility index (Phi) is 5.51. The molecule has 2 aliphatic rings. The molecule has 0 saturated carbocycles. The zero-order chi connectivity index (χ0) is 22.2. The number of aromatic nitrogens is 2. The van der Waals surface area contributed by atoms with Crippen LogP contribution in [0, 0.1) is 11.7 Å². The van der Waals surface area contributed by atoms with Crippen molar-refractivity contribution in [3.8, 4) is 0 Å². The van der Waals surface area contributed by atoms with Gasteiger partial charge in [0.25, 0.3) is 11.5 Å². The molecule has 166 valence electrons. The smallest absolute Gasteiger partial charge is 0.272 e. The Balaban J connectivity index is 1.41. The number of carbonyl (C=O) groups is 1. The molecule has 2 aromatic carbocycles. The maximum Gasteiger partial charge on any atom is 0.272 e. The third-order valence-corrected chi connectivity index (χ3v) is 7.00. The topological polar surface area (TPSA) is 69.3 Å². The van der Waals surface area contributed by atoms with Crippen molar-refractivity contribution in [3.63, 3.8) is 0 Å². The molecule has 3 heterocycles. The second kappa shape index (κ2) is 8.47. The van der Waals surface area contributed by atoms with Gasteiger partial charge < -0.3 is 4.90 Å². The first-order valence-electron chi connectivity index (χ1n) is 11.3. The lowest BCUT2D eigenvalue weighted by molar-refractivity contribution is 0.0773. The van der Waals surface area contributed by atoms with E-state index >= 15 is 0 Å². The van der Waals surface area contributed by atoms with Gasteiger partial charge in [0.1, 0.15) is 5.82 Å². The molecule has 2 saturated heterocycles. The molecule has 2 aliphatic heterocycles. The SMILES string of the molecule is CCN1CCCC2CN(C(=O)c3cc(Cc4n[nH]c(=O)c5ccccc45)ccc3F)CC21. The maximum absolute atomic E-state index is 14.7. The summed E-state index contributed by atoms with van der Waals surface area (Å²) < 4.78 is 14.7. The van der Waals surface area contributed by atoms with E-state index in [9.17, 15) is 14.0 Å². The van der Waals surface area contributed by atoms with Gasteiger partial charge in [0.05, 0.1) is 16.6 Å². The van der Waals surface area contributed by atoms with Crippen LogP contribution in [0.25, 0.3) is 10.8 Å². The quantitative estimate of drug-likeness (QED) is 0.685. The number of hydrogen-bond acceptors (Lipinski definition) is 4. The number of carbonyl (C=O) groups excluding carboxylic acids is 1. The zero-order valence-corrected chi connectivity index (χ0v) is 18.2. The largest absolute Gasteiger partial charge is 0.337 e. The summed E-state index contributed by atoms with van der Waals surface area (Å²) in [5.41, 5.74) is 1.34. The van der Waals surface area contributed by atoms with Crippen molar-refractivity contribution < 1.29 is 9.18 Å². The Morgan fingerprint density at radius 2 is 2.00 bits per heavy atom. The summed E-state index contributed by atoms with van der Waals surface area (Å²) in [6, 6.07) is 12.3. The highest BCUT2D eigenvalue weighted by atomic mass is 19.1. The van der Waals surface area contributed by atoms with Crippen molar-refractivity contribution in [1.29, 1.82) is 0 Å². The van der Waals surface area contributed by atoms with E-state index < -0.39 is 5.82 Å². The van der Waals surface area contributed by atoms with E-state index in [2.05, 4.69) is 22.0 Å². The minimum atomic E-state index is -0.500. The van der Waals surface area contributed by atoms with E-state index in [0.29, 0.717) is 42.6 Å². The van der Waals surface area contributed by atoms with Crippen LogP contribution >= 0.6 is 0 Å². The molecule has 2 fully saturated rings. The number of nitrogens with zero attached hydrogens (tertiary/aromatic N) is 3. The Labute approximate surface area is 186 Å². The molecule has 32 heavy (non-hydrogen) atoms. The zero-order valence-electron chi connectivity index (χ0n) is 18.2. The van der Waals surface area contributed by atoms with Gasteiger partial charge in [-0.1, -0.05) is 31.2 Å². The Morgan fingerprint density at radius 1 is 1.19 bits per heavy atom. The van der Waals surface area contributed by atoms with Crippen molar-refractivity contribution in [2.24, 2.45) is 5.92 Å². The molecule has 0 radical (unpaired) electrons. The summed E-state index contributed by atoms with van der Waals surface area (Å²) in [6.07, 6.45) is 2.67. The molecule has 0 spiro atoms. The highest BCUT2D eigenvalue weighted by molar-refractivity contribution is 5.95. The molecule has 1 amide bonds. The number of H-pyrrole nitrogens is 1. The van der Waals surface area contributed by atoms with E-state index in [1.165, 1.54) is 6.07 Å². The fraction of sp³-hybridized carbons (Fsp3) is 0.400. The second-order valence-electron chi connectivity index (χ2n) is 8.84. The molecule has 6 nitrogen and oxygen atoms in total. The monoisotopic (exact) mass is 434 g/mol. The number of aromatic amines is 1. The van der Waals surface area contributed by atoms with Gasteiger partial charge in [-0.15, -0.1) is 0 Å². The number of benzene rings is 2. The highest BCUT2D eigenvalue weighted by Crippen LogP contribution is 2.31. The number of likely N-dealkylation sites (tertiary alicyclic amines) is 2. The Bertz CT molecular complexity index is 1220. The van der Waals surface area contributed by atoms with E-state index in [1.54, 1.807) is 18.2 Å². The lowest BCUT2D eigenvalue weighted by Gasteiger charge is -2.35. The van der Waals surface area contributed by atoms with Crippen LogP contribution in [0.1, 0.15) is 41.4 Å². The van der Waals surface area contributed by atoms with Gasteiger partial charge in [-0.25, -0.2) is 9.49 Å². The number of fused-ring (bicyclic) bond motifs is 2. The first-order valence-corrected chi connectivity index (χ1v) is 11.3.